The van der Waals surface area contributed by atoms with E-state index >= 15 is 0 Å². The number of allylic oxidation sites excluding steroid dienone is 16. The maximum atomic E-state index is 12.8. The van der Waals surface area contributed by atoms with Crippen molar-refractivity contribution in [3.05, 3.63) is 122 Å². The van der Waals surface area contributed by atoms with Crippen LogP contribution >= 0.6 is 7.82 Å². The van der Waals surface area contributed by atoms with Gasteiger partial charge in [-0.15, -0.1) is 0 Å². The molecule has 69 heavy (non-hydrogen) atoms. The number of phosphoric ester groups is 1. The van der Waals surface area contributed by atoms with Crippen molar-refractivity contribution in [2.24, 2.45) is 0 Å². The first-order valence-corrected chi connectivity index (χ1v) is 26.1. The Morgan fingerprint density at radius 1 is 0.536 bits per heavy atom. The zero-order valence-corrected chi connectivity index (χ0v) is 41.7. The van der Waals surface area contributed by atoms with Gasteiger partial charge in [0.15, 0.2) is 6.10 Å². The second-order valence-corrected chi connectivity index (χ2v) is 18.0. The molecule has 1 saturated carbocycles. The van der Waals surface area contributed by atoms with E-state index in [2.05, 4.69) is 55.5 Å². The van der Waals surface area contributed by atoms with Gasteiger partial charge in [0.2, 0.25) is 0 Å². The number of rotatable bonds is 38. The summed E-state index contributed by atoms with van der Waals surface area (Å²) in [7, 11) is -5.18. The fraction of sp³-hybridized carbons (Fsp3) is 0.585. The summed E-state index contributed by atoms with van der Waals surface area (Å²) in [6, 6.07) is 0. The van der Waals surface area contributed by atoms with Gasteiger partial charge in [0, 0.05) is 12.8 Å². The maximum Gasteiger partial charge on any atom is 0.472 e. The first-order chi connectivity index (χ1) is 33.2. The number of carbonyl (C=O) groups excluding carboxylic acids is 2. The van der Waals surface area contributed by atoms with E-state index in [1.54, 1.807) is 42.5 Å². The van der Waals surface area contributed by atoms with Gasteiger partial charge in [-0.2, -0.15) is 0 Å². The SMILES string of the molecule is CC/C=C\C/C=C\C/C=C\C/C=C\CCCCCCCCC(=O)O[C@H](COC(=O)CCC/C=C\[C@H](O)/C=C/C=C\C/C=C\C=C\[C@H](O)C/C=C\CC)COP(=O)(O)OC1[C@H](O)[C@H](O)C(O)[C@H](O)[C@H]1O. The Morgan fingerprint density at radius 3 is 1.68 bits per heavy atom. The molecule has 1 aliphatic rings. The number of carbonyl (C=O) groups is 2. The maximum absolute atomic E-state index is 12.8. The highest BCUT2D eigenvalue weighted by Gasteiger charge is 2.51. The summed E-state index contributed by atoms with van der Waals surface area (Å²) in [6.45, 7) is 2.81. The van der Waals surface area contributed by atoms with E-state index in [-0.39, 0.29) is 12.8 Å². The normalized spacial score (nSPS) is 22.9. The van der Waals surface area contributed by atoms with Gasteiger partial charge in [-0.3, -0.25) is 18.6 Å². The number of aliphatic hydroxyl groups is 7. The average molecular weight is 991 g/mol. The molecule has 16 heteroatoms. The number of esters is 2. The third kappa shape index (κ3) is 33.4. The Bertz CT molecular complexity index is 1700. The van der Waals surface area contributed by atoms with E-state index in [4.69, 9.17) is 18.5 Å². The zero-order valence-electron chi connectivity index (χ0n) is 40.8. The average Bonchev–Trinajstić information content (AvgIpc) is 3.32. The Balaban J connectivity index is 2.56. The number of hydrogen-bond donors (Lipinski definition) is 8. The summed E-state index contributed by atoms with van der Waals surface area (Å²) >= 11 is 0. The van der Waals surface area contributed by atoms with Crippen molar-refractivity contribution < 1.29 is 73.3 Å². The molecule has 0 spiro atoms. The van der Waals surface area contributed by atoms with E-state index in [9.17, 15) is 54.8 Å². The lowest BCUT2D eigenvalue weighted by Gasteiger charge is -2.41. The molecule has 1 fully saturated rings. The van der Waals surface area contributed by atoms with Crippen LogP contribution in [0.15, 0.2) is 122 Å². The summed E-state index contributed by atoms with van der Waals surface area (Å²) in [6.07, 6.45) is 37.3. The molecule has 1 rings (SSSR count). The molecule has 0 aromatic heterocycles. The first kappa shape index (κ1) is 63.2. The third-order valence-electron chi connectivity index (χ3n) is 10.5. The predicted octanol–water partition coefficient (Wildman–Crippen LogP) is 8.11. The van der Waals surface area contributed by atoms with Crippen LogP contribution in [0.5, 0.6) is 0 Å². The van der Waals surface area contributed by atoms with Crippen LogP contribution in [0.3, 0.4) is 0 Å². The minimum absolute atomic E-state index is 0.0291. The molecule has 1 aliphatic carbocycles. The number of hydrogen-bond acceptors (Lipinski definition) is 14. The van der Waals surface area contributed by atoms with E-state index in [0.717, 1.165) is 70.6 Å². The summed E-state index contributed by atoms with van der Waals surface area (Å²) < 4.78 is 33.4. The molecule has 15 nitrogen and oxygen atoms in total. The van der Waals surface area contributed by atoms with Crippen LogP contribution in [0.2, 0.25) is 0 Å². The second kappa shape index (κ2) is 40.9. The highest BCUT2D eigenvalue weighted by atomic mass is 31.2. The van der Waals surface area contributed by atoms with Crippen molar-refractivity contribution >= 4 is 19.8 Å². The van der Waals surface area contributed by atoms with Gasteiger partial charge < -0.3 is 50.1 Å². The minimum Gasteiger partial charge on any atom is -0.462 e. The number of ether oxygens (including phenoxy) is 2. The van der Waals surface area contributed by atoms with Gasteiger partial charge >= 0.3 is 19.8 Å². The van der Waals surface area contributed by atoms with Crippen LogP contribution in [0.25, 0.3) is 0 Å². The van der Waals surface area contributed by atoms with E-state index in [1.807, 2.05) is 37.3 Å². The van der Waals surface area contributed by atoms with Crippen molar-refractivity contribution in [2.45, 2.75) is 184 Å². The molecule has 0 aromatic rings. The number of aliphatic hydroxyl groups excluding tert-OH is 7. The quantitative estimate of drug-likeness (QED) is 0.00957. The number of unbranched alkanes of at least 4 members (excludes halogenated alkanes) is 7. The smallest absolute Gasteiger partial charge is 0.462 e. The van der Waals surface area contributed by atoms with Gasteiger partial charge in [0.05, 0.1) is 18.8 Å². The van der Waals surface area contributed by atoms with Crippen molar-refractivity contribution in [3.8, 4) is 0 Å². The van der Waals surface area contributed by atoms with Gasteiger partial charge in [-0.1, -0.05) is 161 Å². The Kier molecular flexibility index (Phi) is 37.4. The van der Waals surface area contributed by atoms with Gasteiger partial charge in [-0.05, 0) is 77.0 Å². The molecule has 0 aliphatic heterocycles. The lowest BCUT2D eigenvalue weighted by Crippen LogP contribution is -2.64. The summed E-state index contributed by atoms with van der Waals surface area (Å²) in [5.74, 6) is -1.31. The molecule has 0 saturated heterocycles. The first-order valence-electron chi connectivity index (χ1n) is 24.6. The molecule has 390 valence electrons. The van der Waals surface area contributed by atoms with Crippen LogP contribution in [-0.4, -0.2) is 121 Å². The highest BCUT2D eigenvalue weighted by Crippen LogP contribution is 2.47. The minimum atomic E-state index is -5.18. The summed E-state index contributed by atoms with van der Waals surface area (Å²) in [4.78, 5) is 35.8. The van der Waals surface area contributed by atoms with Crippen LogP contribution in [0.4, 0.5) is 0 Å². The lowest BCUT2D eigenvalue weighted by atomic mass is 9.85. The number of phosphoric acid groups is 1. The van der Waals surface area contributed by atoms with E-state index in [1.165, 1.54) is 0 Å². The van der Waals surface area contributed by atoms with Crippen molar-refractivity contribution in [1.82, 2.24) is 0 Å². The van der Waals surface area contributed by atoms with Gasteiger partial charge in [0.25, 0.3) is 0 Å². The van der Waals surface area contributed by atoms with Crippen LogP contribution < -0.4 is 0 Å². The van der Waals surface area contributed by atoms with Crippen LogP contribution in [0.1, 0.15) is 129 Å². The molecular formula is C53H83O15P. The summed E-state index contributed by atoms with van der Waals surface area (Å²) in [5, 5.41) is 70.3. The molecule has 0 amide bonds. The van der Waals surface area contributed by atoms with E-state index in [0.29, 0.717) is 32.1 Å². The molecular weight excluding hydrogens is 908 g/mol. The molecule has 0 bridgehead atoms. The lowest BCUT2D eigenvalue weighted by molar-refractivity contribution is -0.220. The Labute approximate surface area is 410 Å². The molecule has 8 N–H and O–H groups in total. The van der Waals surface area contributed by atoms with Gasteiger partial charge in [0.1, 0.15) is 43.2 Å². The monoisotopic (exact) mass is 991 g/mol. The Morgan fingerprint density at radius 2 is 1.04 bits per heavy atom. The standard InChI is InChI=1S/C53H83O15P/c1-3-5-7-8-9-10-11-12-13-14-15-16-17-18-19-20-24-27-33-40-47(57)67-45(42-66-69(63,64)68-53-51(61)49(59)48(58)50(60)52(53)62)41-65-46(56)39-34-28-32-38-44(55)37-31-26-23-21-22-25-30-36-43(54)35-29-6-4-2/h5-7,9-10,12-13,15-16,22-23,25-26,29-32,36-38,43-45,48-55,58-62H,3-4,8,11,14,17-21,24,27-28,33-35,39-42H2,1-2H3,(H,63,64)/b7-5-,10-9-,13-12-,16-15-,25-22-,26-23-,29-6-,36-30+,37-31+,38-32-/t43-,44-,45-,48?,49-,50+,51-,52-,53?/m1/s1. The third-order valence-corrected chi connectivity index (χ3v) is 11.5. The van der Waals surface area contributed by atoms with Crippen molar-refractivity contribution in [3.63, 3.8) is 0 Å². The highest BCUT2D eigenvalue weighted by molar-refractivity contribution is 7.47. The predicted molar refractivity (Wildman–Crippen MR) is 269 cm³/mol. The van der Waals surface area contributed by atoms with Crippen molar-refractivity contribution in [2.75, 3.05) is 13.2 Å². The van der Waals surface area contributed by atoms with Crippen molar-refractivity contribution in [1.29, 1.82) is 0 Å². The fourth-order valence-corrected chi connectivity index (χ4v) is 7.52. The van der Waals surface area contributed by atoms with Crippen LogP contribution in [-0.2, 0) is 32.7 Å². The largest absolute Gasteiger partial charge is 0.472 e. The molecule has 0 radical (unpaired) electrons. The molecule has 3 unspecified atom stereocenters. The van der Waals surface area contributed by atoms with Gasteiger partial charge in [-0.25, -0.2) is 4.57 Å². The summed E-state index contributed by atoms with van der Waals surface area (Å²) in [5.41, 5.74) is 0. The fourth-order valence-electron chi connectivity index (χ4n) is 6.55. The van der Waals surface area contributed by atoms with E-state index < -0.39 is 87.9 Å². The molecule has 0 aromatic carbocycles. The topological polar surface area (TPSA) is 250 Å². The Hall–Kier alpha value is -3.83. The zero-order chi connectivity index (χ0) is 51.0. The van der Waals surface area contributed by atoms with Crippen LogP contribution in [0, 0.1) is 0 Å². The molecule has 10 atom stereocenters. The molecule has 0 heterocycles. The second-order valence-electron chi connectivity index (χ2n) is 16.6.